The lowest BCUT2D eigenvalue weighted by Gasteiger charge is -2.31. The third kappa shape index (κ3) is 4.12. The number of benzene rings is 8. The van der Waals surface area contributed by atoms with Crippen LogP contribution in [0.1, 0.15) is 22.3 Å². The molecule has 10 aromatic rings. The van der Waals surface area contributed by atoms with Gasteiger partial charge in [0.2, 0.25) is 0 Å². The fourth-order valence-corrected chi connectivity index (χ4v) is 9.69. The number of furan rings is 1. The zero-order valence-electron chi connectivity index (χ0n) is 29.8. The Balaban J connectivity index is 1.13. The predicted octanol–water partition coefficient (Wildman–Crippen LogP) is 13.6. The maximum atomic E-state index is 6.74. The normalized spacial score (nSPS) is 13.2. The van der Waals surface area contributed by atoms with Crippen LogP contribution in [0.4, 0.5) is 17.1 Å². The van der Waals surface area contributed by atoms with Crippen molar-refractivity contribution in [3.8, 4) is 33.4 Å². The summed E-state index contributed by atoms with van der Waals surface area (Å²) in [4.78, 5) is 7.02. The van der Waals surface area contributed by atoms with Crippen LogP contribution in [0.3, 0.4) is 0 Å². The van der Waals surface area contributed by atoms with E-state index in [1.807, 2.05) is 12.3 Å². The Morgan fingerprint density at radius 3 is 1.82 bits per heavy atom. The summed E-state index contributed by atoms with van der Waals surface area (Å²) in [5.41, 5.74) is 18.2. The number of aromatic nitrogens is 1. The van der Waals surface area contributed by atoms with Crippen molar-refractivity contribution in [2.75, 3.05) is 4.90 Å². The van der Waals surface area contributed by atoms with Crippen LogP contribution in [0.15, 0.2) is 199 Å². The molecule has 1 spiro atoms. The molecule has 0 radical (unpaired) electrons. The van der Waals surface area contributed by atoms with Crippen molar-refractivity contribution in [2.24, 2.45) is 0 Å². The Morgan fingerprint density at radius 1 is 0.436 bits per heavy atom. The number of pyridine rings is 1. The molecule has 0 fully saturated rings. The molecule has 2 aliphatic rings. The van der Waals surface area contributed by atoms with Crippen molar-refractivity contribution >= 4 is 49.9 Å². The lowest BCUT2D eigenvalue weighted by molar-refractivity contribution is 0.672. The van der Waals surface area contributed by atoms with Crippen LogP contribution in [0.2, 0.25) is 0 Å². The maximum absolute atomic E-state index is 6.74. The molecule has 0 amide bonds. The van der Waals surface area contributed by atoms with E-state index < -0.39 is 5.41 Å². The Morgan fingerprint density at radius 2 is 1.05 bits per heavy atom. The van der Waals surface area contributed by atoms with E-state index in [0.717, 1.165) is 49.9 Å². The van der Waals surface area contributed by atoms with Crippen LogP contribution >= 0.6 is 0 Å². The van der Waals surface area contributed by atoms with Gasteiger partial charge in [-0.1, -0.05) is 127 Å². The van der Waals surface area contributed by atoms with Crippen molar-refractivity contribution < 1.29 is 4.42 Å². The average molecular weight is 701 g/mol. The molecule has 8 aromatic carbocycles. The summed E-state index contributed by atoms with van der Waals surface area (Å²) in [6.45, 7) is 0. The first-order valence-electron chi connectivity index (χ1n) is 18.9. The summed E-state index contributed by atoms with van der Waals surface area (Å²) >= 11 is 0. The zero-order valence-corrected chi connectivity index (χ0v) is 29.8. The molecule has 12 rings (SSSR count). The van der Waals surface area contributed by atoms with Crippen LogP contribution in [0.5, 0.6) is 0 Å². The standard InChI is InChI=1S/C52H32N2O/c1-2-12-33(13-3-1)34-23-25-35(26-24-34)54(36-27-28-39-40-29-30-47-42(17-11-31-53-47)51(40)55-49(39)32-36)48-22-10-21-46-50(48)41-16-6-9-20-45(41)52(46)43-18-7-4-14-37(43)38-15-5-8-19-44(38)52/h1-32H. The second-order valence-electron chi connectivity index (χ2n) is 14.6. The van der Waals surface area contributed by atoms with Gasteiger partial charge in [-0.3, -0.25) is 4.98 Å². The van der Waals surface area contributed by atoms with Crippen molar-refractivity contribution in [3.63, 3.8) is 0 Å². The molecule has 0 aliphatic heterocycles. The van der Waals surface area contributed by atoms with Gasteiger partial charge in [0.25, 0.3) is 0 Å². The van der Waals surface area contributed by atoms with Gasteiger partial charge in [0.05, 0.1) is 16.6 Å². The topological polar surface area (TPSA) is 29.3 Å². The van der Waals surface area contributed by atoms with Gasteiger partial charge in [-0.25, -0.2) is 0 Å². The molecule has 0 saturated carbocycles. The molecule has 55 heavy (non-hydrogen) atoms. The summed E-state index contributed by atoms with van der Waals surface area (Å²) in [5.74, 6) is 0. The first-order chi connectivity index (χ1) is 27.3. The van der Waals surface area contributed by atoms with Crippen molar-refractivity contribution in [1.82, 2.24) is 4.98 Å². The molecule has 0 unspecified atom stereocenters. The van der Waals surface area contributed by atoms with E-state index >= 15 is 0 Å². The van der Waals surface area contributed by atoms with E-state index in [9.17, 15) is 0 Å². The highest BCUT2D eigenvalue weighted by Gasteiger charge is 2.52. The summed E-state index contributed by atoms with van der Waals surface area (Å²) in [6.07, 6.45) is 1.83. The first-order valence-corrected chi connectivity index (χ1v) is 18.9. The van der Waals surface area contributed by atoms with Gasteiger partial charge in [0.1, 0.15) is 11.2 Å². The number of fused-ring (bicyclic) bond motifs is 15. The first kappa shape index (κ1) is 30.3. The molecule has 256 valence electrons. The van der Waals surface area contributed by atoms with E-state index in [2.05, 4.69) is 192 Å². The molecule has 0 saturated heterocycles. The monoisotopic (exact) mass is 700 g/mol. The predicted molar refractivity (Wildman–Crippen MR) is 225 cm³/mol. The second-order valence-corrected chi connectivity index (χ2v) is 14.6. The van der Waals surface area contributed by atoms with Crippen LogP contribution in [-0.2, 0) is 5.41 Å². The molecule has 3 heteroatoms. The fraction of sp³-hybridized carbons (Fsp3) is 0.0192. The van der Waals surface area contributed by atoms with E-state index in [-0.39, 0.29) is 0 Å². The van der Waals surface area contributed by atoms with Gasteiger partial charge in [-0.05, 0) is 105 Å². The Kier molecular flexibility index (Phi) is 6.26. The highest BCUT2D eigenvalue weighted by molar-refractivity contribution is 6.15. The highest BCUT2D eigenvalue weighted by atomic mass is 16.3. The van der Waals surface area contributed by atoms with Crippen molar-refractivity contribution in [1.29, 1.82) is 0 Å². The van der Waals surface area contributed by atoms with Gasteiger partial charge >= 0.3 is 0 Å². The number of hydrogen-bond acceptors (Lipinski definition) is 3. The zero-order chi connectivity index (χ0) is 36.1. The summed E-state index contributed by atoms with van der Waals surface area (Å²) in [7, 11) is 0. The molecule has 0 atom stereocenters. The van der Waals surface area contributed by atoms with Gasteiger partial charge < -0.3 is 9.32 Å². The maximum Gasteiger partial charge on any atom is 0.144 e. The Bertz CT molecular complexity index is 3110. The molecule has 2 aromatic heterocycles. The number of hydrogen-bond donors (Lipinski definition) is 0. The minimum absolute atomic E-state index is 0.435. The largest absolute Gasteiger partial charge is 0.455 e. The van der Waals surface area contributed by atoms with E-state index in [1.54, 1.807) is 0 Å². The summed E-state index contributed by atoms with van der Waals surface area (Å²) in [5, 5.41) is 3.20. The Labute approximate surface area is 318 Å². The minimum Gasteiger partial charge on any atom is -0.455 e. The van der Waals surface area contributed by atoms with Gasteiger partial charge in [-0.2, -0.15) is 0 Å². The molecule has 3 nitrogen and oxygen atoms in total. The van der Waals surface area contributed by atoms with Crippen LogP contribution in [-0.4, -0.2) is 4.98 Å². The number of anilines is 3. The highest BCUT2D eigenvalue weighted by Crippen LogP contribution is 2.64. The van der Waals surface area contributed by atoms with Crippen LogP contribution < -0.4 is 4.90 Å². The third-order valence-electron chi connectivity index (χ3n) is 11.9. The quantitative estimate of drug-likeness (QED) is 0.183. The second kappa shape index (κ2) is 11.4. The van der Waals surface area contributed by atoms with Gasteiger partial charge in [0.15, 0.2) is 0 Å². The molecule has 2 aliphatic carbocycles. The number of nitrogens with zero attached hydrogens (tertiary/aromatic N) is 2. The average Bonchev–Trinajstić information content (AvgIpc) is 3.89. The molecular weight excluding hydrogens is 669 g/mol. The smallest absolute Gasteiger partial charge is 0.144 e. The van der Waals surface area contributed by atoms with Crippen LogP contribution in [0.25, 0.3) is 66.2 Å². The summed E-state index contributed by atoms with van der Waals surface area (Å²) < 4.78 is 6.74. The van der Waals surface area contributed by atoms with E-state index in [0.29, 0.717) is 0 Å². The lowest BCUT2D eigenvalue weighted by atomic mass is 9.70. The summed E-state index contributed by atoms with van der Waals surface area (Å²) in [6, 6.07) is 68.4. The van der Waals surface area contributed by atoms with Gasteiger partial charge in [-0.15, -0.1) is 0 Å². The molecule has 2 heterocycles. The third-order valence-corrected chi connectivity index (χ3v) is 11.9. The Hall–Kier alpha value is -7.23. The minimum atomic E-state index is -0.435. The van der Waals surface area contributed by atoms with E-state index in [4.69, 9.17) is 4.42 Å². The number of rotatable bonds is 4. The SMILES string of the molecule is c1ccc(-c2ccc(N(c3ccc4c(c3)oc3c5cccnc5ccc43)c3cccc4c3-c3ccccc3C43c4ccccc4-c4ccccc43)cc2)cc1. The molecule has 0 bridgehead atoms. The molecular formula is C52H32N2O. The van der Waals surface area contributed by atoms with Crippen molar-refractivity contribution in [2.45, 2.75) is 5.41 Å². The van der Waals surface area contributed by atoms with Crippen molar-refractivity contribution in [3.05, 3.63) is 217 Å². The van der Waals surface area contributed by atoms with Gasteiger partial charge in [0, 0.05) is 45.4 Å². The van der Waals surface area contributed by atoms with E-state index in [1.165, 1.54) is 55.6 Å². The van der Waals surface area contributed by atoms with Crippen LogP contribution in [0, 0.1) is 0 Å². The fourth-order valence-electron chi connectivity index (χ4n) is 9.69. The molecule has 0 N–H and O–H groups in total. The lowest BCUT2D eigenvalue weighted by Crippen LogP contribution is -2.26.